The van der Waals surface area contributed by atoms with Crippen LogP contribution in [0.25, 0.3) is 11.1 Å². The fraction of sp³-hybridized carbons (Fsp3) is 0.250. The second kappa shape index (κ2) is 12.6. The van der Waals surface area contributed by atoms with Crippen molar-refractivity contribution in [3.8, 4) is 22.6 Å². The monoisotopic (exact) mass is 554 g/mol. The first-order valence-corrected chi connectivity index (χ1v) is 12.3. The fourth-order valence-corrected chi connectivity index (χ4v) is 4.40. The topological polar surface area (TPSA) is 132 Å². The van der Waals surface area contributed by atoms with Gasteiger partial charge in [-0.15, -0.1) is 0 Å². The molecule has 1 aliphatic rings. The number of aliphatic carboxylic acids is 1. The normalized spacial score (nSPS) is 17.2. The molecule has 11 heteroatoms. The number of anilines is 1. The molecule has 4 rings (SSSR count). The van der Waals surface area contributed by atoms with Crippen LogP contribution < -0.4 is 20.1 Å². The molecule has 3 N–H and O–H groups in total. The van der Waals surface area contributed by atoms with Crippen LogP contribution in [0.15, 0.2) is 66.7 Å². The predicted octanol–water partition coefficient (Wildman–Crippen LogP) is 3.52. The molecule has 1 fully saturated rings. The third kappa shape index (κ3) is 6.48. The van der Waals surface area contributed by atoms with Gasteiger partial charge in [0.1, 0.15) is 24.3 Å². The number of nitrogens with one attached hydrogen (secondary N) is 2. The highest BCUT2D eigenvalue weighted by Gasteiger charge is 2.42. The van der Waals surface area contributed by atoms with Crippen LogP contribution in [0, 0.1) is 0 Å². The maximum atomic E-state index is 13.0. The molecule has 1 aliphatic heterocycles. The van der Waals surface area contributed by atoms with E-state index in [1.165, 1.54) is 14.2 Å². The summed E-state index contributed by atoms with van der Waals surface area (Å²) in [7, 11) is 3.01. The average Bonchev–Trinajstić information content (AvgIpc) is 3.44. The number of benzene rings is 3. The third-order valence-corrected chi connectivity index (χ3v) is 6.43. The second-order valence-corrected chi connectivity index (χ2v) is 9.01. The number of methoxy groups -OCH3 is 2. The highest BCUT2D eigenvalue weighted by molar-refractivity contribution is 6.33. The van der Waals surface area contributed by atoms with E-state index >= 15 is 0 Å². The maximum Gasteiger partial charge on any atom is 0.326 e. The minimum atomic E-state index is -1.36. The number of halogens is 1. The summed E-state index contributed by atoms with van der Waals surface area (Å²) in [6.45, 7) is -0.314. The van der Waals surface area contributed by atoms with E-state index in [0.717, 1.165) is 5.56 Å². The molecule has 2 amide bonds. The lowest BCUT2D eigenvalue weighted by Crippen LogP contribution is -2.51. The molecule has 10 nitrogen and oxygen atoms in total. The summed E-state index contributed by atoms with van der Waals surface area (Å²) in [6.07, 6.45) is -2.76. The molecule has 3 aromatic carbocycles. The number of hydrogen-bond donors (Lipinski definition) is 3. The summed E-state index contributed by atoms with van der Waals surface area (Å²) in [5, 5.41) is 15.2. The molecule has 3 aromatic rings. The quantitative estimate of drug-likeness (QED) is 0.347. The van der Waals surface area contributed by atoms with Crippen molar-refractivity contribution in [2.75, 3.05) is 26.3 Å². The van der Waals surface area contributed by atoms with Gasteiger partial charge in [0.05, 0.1) is 30.5 Å². The zero-order chi connectivity index (χ0) is 27.9. The number of carbonyl (C=O) groups is 3. The van der Waals surface area contributed by atoms with Gasteiger partial charge in [0.25, 0.3) is 11.8 Å². The molecule has 39 heavy (non-hydrogen) atoms. The second-order valence-electron chi connectivity index (χ2n) is 8.61. The zero-order valence-corrected chi connectivity index (χ0v) is 21.9. The number of carboxylic acids is 1. The fourth-order valence-electron chi connectivity index (χ4n) is 4.22. The van der Waals surface area contributed by atoms with Crippen molar-refractivity contribution >= 4 is 35.1 Å². The summed E-state index contributed by atoms with van der Waals surface area (Å²) in [4.78, 5) is 37.9. The molecular formula is C28H27ClN2O8. The summed E-state index contributed by atoms with van der Waals surface area (Å²) in [5.74, 6) is -1.77. The van der Waals surface area contributed by atoms with Gasteiger partial charge in [0.2, 0.25) is 0 Å². The largest absolute Gasteiger partial charge is 0.496 e. The number of para-hydroxylation sites is 1. The van der Waals surface area contributed by atoms with Gasteiger partial charge >= 0.3 is 5.97 Å². The predicted molar refractivity (Wildman–Crippen MR) is 143 cm³/mol. The summed E-state index contributed by atoms with van der Waals surface area (Å²) >= 11 is 6.09. The number of carbonyl (C=O) groups excluding carboxylic acids is 2. The Kier molecular flexibility index (Phi) is 9.03. The standard InChI is InChI=1S/C28H27ClN2O8/c1-36-21-13-16(14-22(37-2)23(21)17-8-4-3-5-9-17)12-20(28(34)35)31-27(33)25-24(38-15-39-25)26(32)30-19-11-7-6-10-18(19)29/h3-11,13-14,20,24-25H,12,15H2,1-2H3,(H,30,32)(H,31,33)(H,34,35)/t20-,24+,25+/m0/s1. The Balaban J connectivity index is 1.50. The van der Waals surface area contributed by atoms with E-state index in [-0.39, 0.29) is 13.2 Å². The van der Waals surface area contributed by atoms with Crippen molar-refractivity contribution in [1.82, 2.24) is 5.32 Å². The van der Waals surface area contributed by atoms with Crippen molar-refractivity contribution in [2.24, 2.45) is 0 Å². The van der Waals surface area contributed by atoms with Crippen molar-refractivity contribution in [2.45, 2.75) is 24.7 Å². The molecule has 1 heterocycles. The molecule has 0 radical (unpaired) electrons. The van der Waals surface area contributed by atoms with Gasteiger partial charge in [-0.3, -0.25) is 9.59 Å². The van der Waals surface area contributed by atoms with Gasteiger partial charge < -0.3 is 34.7 Å². The smallest absolute Gasteiger partial charge is 0.326 e. The number of ether oxygens (including phenoxy) is 4. The van der Waals surface area contributed by atoms with Gasteiger partial charge in [-0.1, -0.05) is 54.1 Å². The van der Waals surface area contributed by atoms with Crippen molar-refractivity contribution < 1.29 is 38.4 Å². The van der Waals surface area contributed by atoms with Crippen LogP contribution in [0.5, 0.6) is 11.5 Å². The first-order valence-electron chi connectivity index (χ1n) is 11.9. The van der Waals surface area contributed by atoms with Crippen molar-refractivity contribution in [3.05, 3.63) is 77.3 Å². The Labute approximate surface area is 229 Å². The molecular weight excluding hydrogens is 528 g/mol. The molecule has 0 aliphatic carbocycles. The lowest BCUT2D eigenvalue weighted by molar-refractivity contribution is -0.144. The first kappa shape index (κ1) is 27.9. The SMILES string of the molecule is COc1cc(C[C@H](NC(=O)[C@@H]2OCO[C@H]2C(=O)Nc2ccccc2Cl)C(=O)O)cc(OC)c1-c1ccccc1. The van der Waals surface area contributed by atoms with E-state index in [0.29, 0.717) is 33.3 Å². The van der Waals surface area contributed by atoms with Gasteiger partial charge in [-0.25, -0.2) is 4.79 Å². The average molecular weight is 555 g/mol. The first-order chi connectivity index (χ1) is 18.8. The van der Waals surface area contributed by atoms with Gasteiger partial charge in [-0.2, -0.15) is 0 Å². The van der Waals surface area contributed by atoms with E-state index in [1.54, 1.807) is 36.4 Å². The van der Waals surface area contributed by atoms with Crippen LogP contribution in [0.3, 0.4) is 0 Å². The van der Waals surface area contributed by atoms with Gasteiger partial charge in [-0.05, 0) is 35.4 Å². The lowest BCUT2D eigenvalue weighted by atomic mass is 9.98. The van der Waals surface area contributed by atoms with Crippen molar-refractivity contribution in [1.29, 1.82) is 0 Å². The van der Waals surface area contributed by atoms with Crippen LogP contribution in [-0.4, -0.2) is 62.2 Å². The molecule has 204 valence electrons. The molecule has 0 saturated carbocycles. The maximum absolute atomic E-state index is 13.0. The molecule has 0 bridgehead atoms. The van der Waals surface area contributed by atoms with Gasteiger partial charge in [0.15, 0.2) is 12.2 Å². The Morgan fingerprint density at radius 1 is 0.949 bits per heavy atom. The summed E-state index contributed by atoms with van der Waals surface area (Å²) in [6, 6.07) is 18.1. The summed E-state index contributed by atoms with van der Waals surface area (Å²) < 4.78 is 21.8. The van der Waals surface area contributed by atoms with E-state index in [9.17, 15) is 19.5 Å². The summed E-state index contributed by atoms with van der Waals surface area (Å²) in [5.41, 5.74) is 2.46. The van der Waals surface area contributed by atoms with E-state index in [1.807, 2.05) is 30.3 Å². The van der Waals surface area contributed by atoms with Crippen LogP contribution in [0.2, 0.25) is 5.02 Å². The van der Waals surface area contributed by atoms with Gasteiger partial charge in [0, 0.05) is 6.42 Å². The number of carboxylic acid groups (broad SMARTS) is 1. The van der Waals surface area contributed by atoms with Crippen LogP contribution >= 0.6 is 11.6 Å². The number of amides is 2. The van der Waals surface area contributed by atoms with Crippen LogP contribution in [-0.2, 0) is 30.3 Å². The number of rotatable bonds is 10. The van der Waals surface area contributed by atoms with E-state index in [4.69, 9.17) is 30.5 Å². The highest BCUT2D eigenvalue weighted by atomic mass is 35.5. The molecule has 1 saturated heterocycles. The Morgan fingerprint density at radius 3 is 2.13 bits per heavy atom. The molecule has 0 unspecified atom stereocenters. The number of hydrogen-bond acceptors (Lipinski definition) is 7. The molecule has 3 atom stereocenters. The van der Waals surface area contributed by atoms with Crippen LogP contribution in [0.1, 0.15) is 5.56 Å². The minimum Gasteiger partial charge on any atom is -0.496 e. The van der Waals surface area contributed by atoms with Crippen LogP contribution in [0.4, 0.5) is 5.69 Å². The molecule has 0 spiro atoms. The Hall–Kier alpha value is -4.12. The highest BCUT2D eigenvalue weighted by Crippen LogP contribution is 2.39. The van der Waals surface area contributed by atoms with E-state index < -0.39 is 36.0 Å². The van der Waals surface area contributed by atoms with Crippen molar-refractivity contribution in [3.63, 3.8) is 0 Å². The Morgan fingerprint density at radius 2 is 1.54 bits per heavy atom. The lowest BCUT2D eigenvalue weighted by Gasteiger charge is -2.21. The zero-order valence-electron chi connectivity index (χ0n) is 21.2. The Bertz CT molecular complexity index is 1330. The molecule has 0 aromatic heterocycles. The third-order valence-electron chi connectivity index (χ3n) is 6.10. The van der Waals surface area contributed by atoms with E-state index in [2.05, 4.69) is 10.6 Å². The minimum absolute atomic E-state index is 0.0904.